The zero-order valence-electron chi connectivity index (χ0n) is 25.5. The number of rotatable bonds is 9. The fourth-order valence-electron chi connectivity index (χ4n) is 7.23. The number of hydrogen-bond acceptors (Lipinski definition) is 6. The smallest absolute Gasteiger partial charge is 0.249 e. The van der Waals surface area contributed by atoms with E-state index in [2.05, 4.69) is 0 Å². The number of carbonyl (C=O) groups is 3. The number of aliphatic hydroxyl groups excluding tert-OH is 1. The molecule has 228 valence electrons. The molecule has 42 heavy (non-hydrogen) atoms. The molecule has 0 bridgehead atoms. The second-order valence-corrected chi connectivity index (χ2v) is 13.0. The fourth-order valence-corrected chi connectivity index (χ4v) is 7.23. The second-order valence-electron chi connectivity index (χ2n) is 13.0. The van der Waals surface area contributed by atoms with Crippen LogP contribution in [0.5, 0.6) is 5.75 Å². The quantitative estimate of drug-likeness (QED) is 0.354. The molecule has 2 saturated heterocycles. The molecule has 4 heterocycles. The molecule has 3 amide bonds. The molecule has 1 aromatic rings. The second kappa shape index (κ2) is 11.5. The largest absolute Gasteiger partial charge is 0.494 e. The van der Waals surface area contributed by atoms with Crippen LogP contribution in [0, 0.1) is 11.8 Å². The van der Waals surface area contributed by atoms with E-state index in [0.717, 1.165) is 18.6 Å². The number of fused-ring (bicyclic) bond motifs is 2. The van der Waals surface area contributed by atoms with Crippen LogP contribution in [0.4, 0.5) is 5.69 Å². The lowest BCUT2D eigenvalue weighted by Gasteiger charge is -2.41. The van der Waals surface area contributed by atoms with Crippen molar-refractivity contribution in [2.75, 3.05) is 37.7 Å². The van der Waals surface area contributed by atoms with E-state index in [4.69, 9.17) is 9.47 Å². The summed E-state index contributed by atoms with van der Waals surface area (Å²) in [4.78, 5) is 48.6. The van der Waals surface area contributed by atoms with E-state index in [1.165, 1.54) is 0 Å². The Morgan fingerprint density at radius 1 is 0.929 bits per heavy atom. The van der Waals surface area contributed by atoms with E-state index in [-0.39, 0.29) is 24.3 Å². The van der Waals surface area contributed by atoms with Crippen LogP contribution in [-0.4, -0.2) is 88.3 Å². The maximum absolute atomic E-state index is 14.5. The first-order valence-electron chi connectivity index (χ1n) is 15.3. The van der Waals surface area contributed by atoms with Gasteiger partial charge in [0.2, 0.25) is 17.7 Å². The number of benzene rings is 1. The van der Waals surface area contributed by atoms with Crippen molar-refractivity contribution in [1.29, 1.82) is 0 Å². The Morgan fingerprint density at radius 3 is 2.29 bits per heavy atom. The number of amides is 3. The van der Waals surface area contributed by atoms with Gasteiger partial charge in [-0.15, -0.1) is 0 Å². The first-order chi connectivity index (χ1) is 20.0. The maximum atomic E-state index is 14.5. The summed E-state index contributed by atoms with van der Waals surface area (Å²) in [6.07, 6.45) is 10.7. The predicted octanol–water partition coefficient (Wildman–Crippen LogP) is 3.71. The van der Waals surface area contributed by atoms with E-state index >= 15 is 0 Å². The van der Waals surface area contributed by atoms with Crippen LogP contribution < -0.4 is 9.64 Å². The first-order valence-corrected chi connectivity index (χ1v) is 15.3. The highest BCUT2D eigenvalue weighted by atomic mass is 16.5. The van der Waals surface area contributed by atoms with Gasteiger partial charge in [-0.1, -0.05) is 37.1 Å². The van der Waals surface area contributed by atoms with Gasteiger partial charge in [-0.2, -0.15) is 0 Å². The summed E-state index contributed by atoms with van der Waals surface area (Å²) in [5.74, 6) is -1.48. The topological polar surface area (TPSA) is 99.6 Å². The van der Waals surface area contributed by atoms with Gasteiger partial charge in [0.1, 0.15) is 17.4 Å². The first kappa shape index (κ1) is 30.3. The SMILES string of the molecule is CCOc1ccc(N2CC=C[C@]3(C)O[C@]45C=CCN(C(C)(C)C)C(=O)C4N(CCCCCCO)C(=O)[C@@H]5[C@@H]3C2=O)cc1. The number of anilines is 1. The van der Waals surface area contributed by atoms with Gasteiger partial charge in [0.15, 0.2) is 0 Å². The van der Waals surface area contributed by atoms with Gasteiger partial charge in [0.25, 0.3) is 0 Å². The predicted molar refractivity (Wildman–Crippen MR) is 160 cm³/mol. The summed E-state index contributed by atoms with van der Waals surface area (Å²) in [5, 5.41) is 9.19. The zero-order valence-corrected chi connectivity index (χ0v) is 25.5. The third-order valence-corrected chi connectivity index (χ3v) is 9.13. The van der Waals surface area contributed by atoms with E-state index in [0.29, 0.717) is 44.8 Å². The molecule has 4 aliphatic rings. The average Bonchev–Trinajstić information content (AvgIpc) is 3.19. The molecule has 0 aliphatic carbocycles. The molecule has 1 N–H and O–H groups in total. The number of nitrogens with zero attached hydrogens (tertiary/aromatic N) is 3. The average molecular weight is 580 g/mol. The normalized spacial score (nSPS) is 30.8. The minimum absolute atomic E-state index is 0.134. The Kier molecular flexibility index (Phi) is 8.29. The van der Waals surface area contributed by atoms with Crippen molar-refractivity contribution in [3.05, 3.63) is 48.6 Å². The third kappa shape index (κ3) is 5.04. The Labute approximate surface area is 249 Å². The maximum Gasteiger partial charge on any atom is 0.249 e. The van der Waals surface area contributed by atoms with Gasteiger partial charge in [0, 0.05) is 37.5 Å². The van der Waals surface area contributed by atoms with Crippen molar-refractivity contribution in [2.45, 2.75) is 83.1 Å². The third-order valence-electron chi connectivity index (χ3n) is 9.13. The monoisotopic (exact) mass is 579 g/mol. The fraction of sp³-hybridized carbons (Fsp3) is 0.606. The standard InChI is InChI=1S/C33H45N3O6/c1-6-41-24-15-13-23(14-16-24)34-20-11-17-32(5)25(28(34)38)26-29(39)35(19-9-7-8-10-22-37)27-30(40)36(31(2,3)4)21-12-18-33(26,27)42-32/h11-18,25-27,37H,6-10,19-22H2,1-5H3/t25-,26+,27?,32+,33+/m1/s1. The highest BCUT2D eigenvalue weighted by molar-refractivity contribution is 6.04. The Morgan fingerprint density at radius 2 is 1.62 bits per heavy atom. The Hall–Kier alpha value is -3.17. The molecule has 5 atom stereocenters. The highest BCUT2D eigenvalue weighted by Crippen LogP contribution is 2.57. The van der Waals surface area contributed by atoms with Crippen molar-refractivity contribution in [3.63, 3.8) is 0 Å². The van der Waals surface area contributed by atoms with Gasteiger partial charge in [-0.05, 0) is 71.7 Å². The molecule has 9 nitrogen and oxygen atoms in total. The van der Waals surface area contributed by atoms with E-state index in [1.54, 1.807) is 14.7 Å². The lowest BCUT2D eigenvalue weighted by Crippen LogP contribution is -2.59. The van der Waals surface area contributed by atoms with Crippen LogP contribution in [-0.2, 0) is 19.1 Å². The summed E-state index contributed by atoms with van der Waals surface area (Å²) in [7, 11) is 0. The van der Waals surface area contributed by atoms with Gasteiger partial charge < -0.3 is 29.3 Å². The highest BCUT2D eigenvalue weighted by Gasteiger charge is 2.74. The molecule has 5 rings (SSSR count). The lowest BCUT2D eigenvalue weighted by molar-refractivity contribution is -0.154. The van der Waals surface area contributed by atoms with Crippen molar-refractivity contribution in [1.82, 2.24) is 9.80 Å². The Balaban J connectivity index is 1.54. The van der Waals surface area contributed by atoms with Gasteiger partial charge in [0.05, 0.1) is 24.0 Å². The van der Waals surface area contributed by atoms with Gasteiger partial charge in [-0.25, -0.2) is 0 Å². The molecule has 1 aromatic carbocycles. The van der Waals surface area contributed by atoms with Crippen molar-refractivity contribution in [2.24, 2.45) is 11.8 Å². The molecule has 0 saturated carbocycles. The van der Waals surface area contributed by atoms with Gasteiger partial charge >= 0.3 is 0 Å². The zero-order chi connectivity index (χ0) is 30.3. The molecule has 1 spiro atoms. The molecule has 2 fully saturated rings. The summed E-state index contributed by atoms with van der Waals surface area (Å²) in [5.41, 5.74) is -2.08. The molecule has 0 radical (unpaired) electrons. The molecule has 9 heteroatoms. The summed E-state index contributed by atoms with van der Waals surface area (Å²) in [6, 6.07) is 6.54. The van der Waals surface area contributed by atoms with E-state index in [9.17, 15) is 19.5 Å². The van der Waals surface area contributed by atoms with Crippen molar-refractivity contribution < 1.29 is 29.0 Å². The molecular weight excluding hydrogens is 534 g/mol. The number of ether oxygens (including phenoxy) is 2. The summed E-state index contributed by atoms with van der Waals surface area (Å²) >= 11 is 0. The van der Waals surface area contributed by atoms with Crippen LogP contribution in [0.15, 0.2) is 48.6 Å². The van der Waals surface area contributed by atoms with Crippen LogP contribution in [0.25, 0.3) is 0 Å². The minimum atomic E-state index is -1.26. The van der Waals surface area contributed by atoms with Crippen molar-refractivity contribution in [3.8, 4) is 5.75 Å². The number of likely N-dealkylation sites (tertiary alicyclic amines) is 1. The lowest BCUT2D eigenvalue weighted by atomic mass is 9.74. The minimum Gasteiger partial charge on any atom is -0.494 e. The molecule has 0 aromatic heterocycles. The number of hydrogen-bond donors (Lipinski definition) is 1. The number of carbonyl (C=O) groups excluding carboxylic acids is 3. The summed E-state index contributed by atoms with van der Waals surface area (Å²) in [6.45, 7) is 11.6. The van der Waals surface area contributed by atoms with Crippen LogP contribution in [0.1, 0.15) is 60.3 Å². The van der Waals surface area contributed by atoms with Crippen LogP contribution >= 0.6 is 0 Å². The van der Waals surface area contributed by atoms with Crippen LogP contribution in [0.2, 0.25) is 0 Å². The van der Waals surface area contributed by atoms with Crippen LogP contribution in [0.3, 0.4) is 0 Å². The molecule has 1 unspecified atom stereocenters. The van der Waals surface area contributed by atoms with E-state index in [1.807, 2.05) is 83.2 Å². The Bertz CT molecular complexity index is 1250. The van der Waals surface area contributed by atoms with Crippen molar-refractivity contribution >= 4 is 23.4 Å². The number of aliphatic hydroxyl groups is 1. The summed E-state index contributed by atoms with van der Waals surface area (Å²) < 4.78 is 12.5. The van der Waals surface area contributed by atoms with E-state index < -0.39 is 34.6 Å². The molecular formula is C33H45N3O6. The van der Waals surface area contributed by atoms with Gasteiger partial charge in [-0.3, -0.25) is 14.4 Å². The number of unbranched alkanes of at least 4 members (excludes halogenated alkanes) is 3. The molecule has 4 aliphatic heterocycles.